The van der Waals surface area contributed by atoms with E-state index in [4.69, 9.17) is 9.73 Å². The van der Waals surface area contributed by atoms with Crippen molar-refractivity contribution in [1.29, 1.82) is 0 Å². The highest BCUT2D eigenvalue weighted by Gasteiger charge is 2.28. The summed E-state index contributed by atoms with van der Waals surface area (Å²) in [5, 5.41) is 8.97. The van der Waals surface area contributed by atoms with Gasteiger partial charge in [0.1, 0.15) is 11.4 Å². The Labute approximate surface area is 169 Å². The van der Waals surface area contributed by atoms with Gasteiger partial charge in [0.05, 0.1) is 18.9 Å². The van der Waals surface area contributed by atoms with Gasteiger partial charge >= 0.3 is 0 Å². The van der Waals surface area contributed by atoms with Gasteiger partial charge in [-0.25, -0.2) is 9.67 Å². The number of aromatic nitrogens is 3. The maximum Gasteiger partial charge on any atom is 0.179 e. The molecule has 0 saturated heterocycles. The van der Waals surface area contributed by atoms with E-state index in [9.17, 15) is 0 Å². The Balaban J connectivity index is 1.65. The molecule has 1 aromatic heterocycles. The second kappa shape index (κ2) is 7.36. The Morgan fingerprint density at radius 2 is 1.52 bits per heavy atom. The van der Waals surface area contributed by atoms with E-state index in [1.165, 1.54) is 5.56 Å². The van der Waals surface area contributed by atoms with Crippen molar-refractivity contribution in [2.75, 3.05) is 7.11 Å². The van der Waals surface area contributed by atoms with Crippen LogP contribution in [0.15, 0.2) is 89.9 Å². The molecule has 0 spiro atoms. The third-order valence-corrected chi connectivity index (χ3v) is 5.25. The van der Waals surface area contributed by atoms with Crippen molar-refractivity contribution in [2.24, 2.45) is 4.99 Å². The minimum atomic E-state index is 0.0470. The molecule has 29 heavy (non-hydrogen) atoms. The predicted octanol–water partition coefficient (Wildman–Crippen LogP) is 5.07. The molecule has 0 saturated carbocycles. The van der Waals surface area contributed by atoms with Crippen molar-refractivity contribution in [2.45, 2.75) is 12.5 Å². The molecule has 1 atom stereocenters. The Hall–Kier alpha value is -3.73. The summed E-state index contributed by atoms with van der Waals surface area (Å²) in [4.78, 5) is 5.00. The first kappa shape index (κ1) is 17.4. The lowest BCUT2D eigenvalue weighted by Crippen LogP contribution is -2.21. The zero-order valence-corrected chi connectivity index (χ0v) is 16.1. The second-order valence-corrected chi connectivity index (χ2v) is 6.99. The van der Waals surface area contributed by atoms with E-state index >= 15 is 0 Å². The summed E-state index contributed by atoms with van der Waals surface area (Å²) >= 11 is 0. The summed E-state index contributed by atoms with van der Waals surface area (Å²) in [6.07, 6.45) is 0.751. The number of hydrogen-bond donors (Lipinski definition) is 0. The van der Waals surface area contributed by atoms with Crippen LogP contribution in [-0.4, -0.2) is 27.8 Å². The van der Waals surface area contributed by atoms with Crippen LogP contribution in [0.1, 0.15) is 23.6 Å². The van der Waals surface area contributed by atoms with E-state index < -0.39 is 0 Å². The highest BCUT2D eigenvalue weighted by molar-refractivity contribution is 6.03. The van der Waals surface area contributed by atoms with Gasteiger partial charge in [0.15, 0.2) is 5.82 Å². The van der Waals surface area contributed by atoms with Crippen LogP contribution in [0, 0.1) is 0 Å². The molecule has 0 aliphatic carbocycles. The fraction of sp³-hybridized carbons (Fsp3) is 0.125. The number of hydrogen-bond acceptors (Lipinski definition) is 4. The fourth-order valence-electron chi connectivity index (χ4n) is 3.73. The van der Waals surface area contributed by atoms with Crippen molar-refractivity contribution < 1.29 is 4.74 Å². The van der Waals surface area contributed by atoms with Crippen LogP contribution in [0.25, 0.3) is 11.3 Å². The lowest BCUT2D eigenvalue weighted by atomic mass is 9.95. The lowest BCUT2D eigenvalue weighted by molar-refractivity contribution is 0.415. The molecule has 1 unspecified atom stereocenters. The van der Waals surface area contributed by atoms with Gasteiger partial charge in [0, 0.05) is 12.0 Å². The highest BCUT2D eigenvalue weighted by atomic mass is 16.5. The largest absolute Gasteiger partial charge is 0.497 e. The second-order valence-electron chi connectivity index (χ2n) is 6.99. The van der Waals surface area contributed by atoms with E-state index in [1.807, 2.05) is 53.2 Å². The van der Waals surface area contributed by atoms with Gasteiger partial charge in [-0.15, -0.1) is 5.10 Å². The van der Waals surface area contributed by atoms with Gasteiger partial charge in [-0.05, 0) is 35.4 Å². The van der Waals surface area contributed by atoms with Crippen LogP contribution in [0.4, 0.5) is 5.82 Å². The van der Waals surface area contributed by atoms with Crippen molar-refractivity contribution in [1.82, 2.24) is 15.0 Å². The van der Waals surface area contributed by atoms with Crippen molar-refractivity contribution in [3.8, 4) is 17.0 Å². The first-order valence-corrected chi connectivity index (χ1v) is 9.61. The molecule has 2 heterocycles. The number of benzene rings is 3. The quantitative estimate of drug-likeness (QED) is 0.497. The topological polar surface area (TPSA) is 52.3 Å². The molecule has 5 nitrogen and oxygen atoms in total. The first-order chi connectivity index (χ1) is 14.3. The Bertz CT molecular complexity index is 1150. The van der Waals surface area contributed by atoms with Gasteiger partial charge < -0.3 is 4.74 Å². The summed E-state index contributed by atoms with van der Waals surface area (Å²) in [6, 6.07) is 28.6. The average molecular weight is 380 g/mol. The standard InChI is InChI=1S/C24H20N4O/c1-29-20-14-12-17(13-15-20)21-16-22(18-8-4-2-5-9-18)28-24(25-21)23(26-27-28)19-10-6-3-7-11-19/h2-15,22H,16H2,1H3. The number of aliphatic imine (C=N–C) groups is 1. The predicted molar refractivity (Wildman–Crippen MR) is 114 cm³/mol. The van der Waals surface area contributed by atoms with Crippen LogP contribution >= 0.6 is 0 Å². The third kappa shape index (κ3) is 3.21. The molecule has 5 rings (SSSR count). The molecule has 4 aromatic rings. The molecule has 0 radical (unpaired) electrons. The molecule has 0 N–H and O–H groups in total. The molecule has 0 amide bonds. The molecule has 1 aliphatic rings. The first-order valence-electron chi connectivity index (χ1n) is 9.61. The minimum absolute atomic E-state index is 0.0470. The Morgan fingerprint density at radius 1 is 0.828 bits per heavy atom. The van der Waals surface area contributed by atoms with E-state index in [0.717, 1.165) is 40.5 Å². The number of fused-ring (bicyclic) bond motifs is 1. The third-order valence-electron chi connectivity index (χ3n) is 5.25. The van der Waals surface area contributed by atoms with Crippen LogP contribution in [0.3, 0.4) is 0 Å². The Kier molecular flexibility index (Phi) is 4.41. The number of methoxy groups -OCH3 is 1. The highest BCUT2D eigenvalue weighted by Crippen LogP contribution is 2.38. The van der Waals surface area contributed by atoms with Gasteiger partial charge in [-0.3, -0.25) is 0 Å². The van der Waals surface area contributed by atoms with Crippen molar-refractivity contribution in [3.05, 3.63) is 96.1 Å². The van der Waals surface area contributed by atoms with Crippen LogP contribution in [0.2, 0.25) is 0 Å². The van der Waals surface area contributed by atoms with Crippen LogP contribution in [-0.2, 0) is 0 Å². The smallest absolute Gasteiger partial charge is 0.179 e. The molecule has 0 bridgehead atoms. The summed E-state index contributed by atoms with van der Waals surface area (Å²) in [5.74, 6) is 1.63. The molecule has 142 valence electrons. The SMILES string of the molecule is COc1ccc(C2=Nc3c(-c4ccccc4)nnn3C(c3ccccc3)C2)cc1. The number of ether oxygens (including phenoxy) is 1. The zero-order chi connectivity index (χ0) is 19.6. The zero-order valence-electron chi connectivity index (χ0n) is 16.1. The van der Waals surface area contributed by atoms with Gasteiger partial charge in [-0.1, -0.05) is 65.9 Å². The lowest BCUT2D eigenvalue weighted by Gasteiger charge is -2.24. The summed E-state index contributed by atoms with van der Waals surface area (Å²) in [5.41, 5.74) is 5.11. The normalized spacial score (nSPS) is 15.5. The van der Waals surface area contributed by atoms with Gasteiger partial charge in [0.2, 0.25) is 0 Å². The van der Waals surface area contributed by atoms with E-state index in [-0.39, 0.29) is 6.04 Å². The van der Waals surface area contributed by atoms with Crippen LogP contribution < -0.4 is 4.74 Å². The van der Waals surface area contributed by atoms with E-state index in [1.54, 1.807) is 7.11 Å². The van der Waals surface area contributed by atoms with E-state index in [2.05, 4.69) is 46.7 Å². The summed E-state index contributed by atoms with van der Waals surface area (Å²) in [7, 11) is 1.68. The molecule has 3 aromatic carbocycles. The van der Waals surface area contributed by atoms with Gasteiger partial charge in [-0.2, -0.15) is 0 Å². The molecule has 0 fully saturated rings. The van der Waals surface area contributed by atoms with E-state index in [0.29, 0.717) is 0 Å². The maximum atomic E-state index is 5.30. The number of nitrogens with zero attached hydrogens (tertiary/aromatic N) is 4. The maximum absolute atomic E-state index is 5.30. The summed E-state index contributed by atoms with van der Waals surface area (Å²) in [6.45, 7) is 0. The Morgan fingerprint density at radius 3 is 2.21 bits per heavy atom. The monoisotopic (exact) mass is 380 g/mol. The van der Waals surface area contributed by atoms with Crippen molar-refractivity contribution >= 4 is 11.5 Å². The number of rotatable bonds is 4. The molecular formula is C24H20N4O. The van der Waals surface area contributed by atoms with Crippen molar-refractivity contribution in [3.63, 3.8) is 0 Å². The molecule has 1 aliphatic heterocycles. The average Bonchev–Trinajstić information content (AvgIpc) is 3.24. The van der Waals surface area contributed by atoms with Crippen LogP contribution in [0.5, 0.6) is 5.75 Å². The molecular weight excluding hydrogens is 360 g/mol. The van der Waals surface area contributed by atoms with Gasteiger partial charge in [0.25, 0.3) is 0 Å². The minimum Gasteiger partial charge on any atom is -0.497 e. The molecule has 5 heteroatoms. The summed E-state index contributed by atoms with van der Waals surface area (Å²) < 4.78 is 7.25. The fourth-order valence-corrected chi connectivity index (χ4v) is 3.73.